The standard InChI is InChI=1S/C20H25Cl2NO/c1-20(2)16(13-17(21)22)18(20)19(24)23-10-8-15(9-11-23)12-14-6-4-3-5-7-14/h3-7,13,15-16,18H,8-12H2,1-2H3/t16-,18-/m1/s1. The van der Waals surface area contributed by atoms with Gasteiger partial charge in [0, 0.05) is 13.1 Å². The number of hydrogen-bond donors (Lipinski definition) is 0. The lowest BCUT2D eigenvalue weighted by molar-refractivity contribution is -0.134. The van der Waals surface area contributed by atoms with E-state index in [4.69, 9.17) is 23.2 Å². The van der Waals surface area contributed by atoms with Crippen LogP contribution in [0.2, 0.25) is 0 Å². The summed E-state index contributed by atoms with van der Waals surface area (Å²) in [5, 5.41) is 0. The number of hydrogen-bond acceptors (Lipinski definition) is 1. The Balaban J connectivity index is 1.53. The van der Waals surface area contributed by atoms with Crippen molar-refractivity contribution in [3.05, 3.63) is 46.5 Å². The Morgan fingerprint density at radius 1 is 1.21 bits per heavy atom. The molecule has 0 radical (unpaired) electrons. The molecule has 3 rings (SSSR count). The monoisotopic (exact) mass is 365 g/mol. The van der Waals surface area contributed by atoms with Crippen LogP contribution in [0.5, 0.6) is 0 Å². The molecule has 2 aliphatic rings. The molecule has 130 valence electrons. The second-order valence-electron chi connectivity index (χ2n) is 7.74. The summed E-state index contributed by atoms with van der Waals surface area (Å²) in [6.45, 7) is 5.98. The number of allylic oxidation sites excluding steroid dienone is 1. The zero-order valence-corrected chi connectivity index (χ0v) is 15.9. The number of carbonyl (C=O) groups excluding carboxylic acids is 1. The van der Waals surface area contributed by atoms with Gasteiger partial charge in [0.15, 0.2) is 0 Å². The molecule has 1 saturated heterocycles. The second-order valence-corrected chi connectivity index (χ2v) is 8.75. The Bertz CT molecular complexity index is 614. The second kappa shape index (κ2) is 7.09. The van der Waals surface area contributed by atoms with Crippen LogP contribution in [0, 0.1) is 23.2 Å². The van der Waals surface area contributed by atoms with Crippen LogP contribution in [0.3, 0.4) is 0 Å². The van der Waals surface area contributed by atoms with Gasteiger partial charge in [0.25, 0.3) is 0 Å². The summed E-state index contributed by atoms with van der Waals surface area (Å²) in [6, 6.07) is 10.6. The molecule has 1 aromatic carbocycles. The Labute approximate surface area is 154 Å². The van der Waals surface area contributed by atoms with Crippen LogP contribution in [0.15, 0.2) is 40.9 Å². The van der Waals surface area contributed by atoms with E-state index in [2.05, 4.69) is 44.2 Å². The van der Waals surface area contributed by atoms with Gasteiger partial charge in [-0.3, -0.25) is 4.79 Å². The minimum Gasteiger partial charge on any atom is -0.342 e. The molecule has 24 heavy (non-hydrogen) atoms. The average Bonchev–Trinajstić information content (AvgIpc) is 3.08. The smallest absolute Gasteiger partial charge is 0.226 e. The highest BCUT2D eigenvalue weighted by molar-refractivity contribution is 6.55. The number of amides is 1. The van der Waals surface area contributed by atoms with Crippen molar-refractivity contribution in [1.82, 2.24) is 4.90 Å². The Morgan fingerprint density at radius 2 is 1.83 bits per heavy atom. The van der Waals surface area contributed by atoms with Crippen LogP contribution >= 0.6 is 23.2 Å². The molecule has 0 bridgehead atoms. The fourth-order valence-electron chi connectivity index (χ4n) is 4.10. The van der Waals surface area contributed by atoms with Gasteiger partial charge in [0.05, 0.1) is 5.92 Å². The van der Waals surface area contributed by atoms with E-state index >= 15 is 0 Å². The highest BCUT2D eigenvalue weighted by atomic mass is 35.5. The maximum absolute atomic E-state index is 12.8. The van der Waals surface area contributed by atoms with Gasteiger partial charge >= 0.3 is 0 Å². The van der Waals surface area contributed by atoms with Gasteiger partial charge in [-0.1, -0.05) is 67.4 Å². The maximum atomic E-state index is 12.8. The molecule has 2 nitrogen and oxygen atoms in total. The van der Waals surface area contributed by atoms with Gasteiger partial charge in [-0.2, -0.15) is 0 Å². The number of likely N-dealkylation sites (tertiary alicyclic amines) is 1. The zero-order chi connectivity index (χ0) is 17.3. The lowest BCUT2D eigenvalue weighted by Gasteiger charge is -2.32. The summed E-state index contributed by atoms with van der Waals surface area (Å²) >= 11 is 11.6. The van der Waals surface area contributed by atoms with Gasteiger partial charge in [0.2, 0.25) is 5.91 Å². The Kier molecular flexibility index (Phi) is 5.27. The van der Waals surface area contributed by atoms with E-state index in [1.807, 2.05) is 11.0 Å². The third kappa shape index (κ3) is 3.81. The first-order chi connectivity index (χ1) is 11.4. The van der Waals surface area contributed by atoms with Gasteiger partial charge in [-0.15, -0.1) is 0 Å². The van der Waals surface area contributed by atoms with Gasteiger partial charge in [-0.05, 0) is 48.2 Å². The van der Waals surface area contributed by atoms with Gasteiger partial charge in [-0.25, -0.2) is 0 Å². The number of halogens is 2. The van der Waals surface area contributed by atoms with Crippen molar-refractivity contribution in [2.24, 2.45) is 23.2 Å². The Hall–Kier alpha value is -0.990. The van der Waals surface area contributed by atoms with Crippen LogP contribution in [0.4, 0.5) is 0 Å². The van der Waals surface area contributed by atoms with E-state index in [0.717, 1.165) is 32.4 Å². The van der Waals surface area contributed by atoms with Crippen molar-refractivity contribution in [3.63, 3.8) is 0 Å². The summed E-state index contributed by atoms with van der Waals surface area (Å²) in [7, 11) is 0. The third-order valence-electron chi connectivity index (χ3n) is 5.78. The van der Waals surface area contributed by atoms with E-state index in [1.165, 1.54) is 5.56 Å². The fraction of sp³-hybridized carbons (Fsp3) is 0.550. The molecular formula is C20H25Cl2NO. The molecule has 2 atom stereocenters. The molecule has 2 fully saturated rings. The van der Waals surface area contributed by atoms with E-state index in [0.29, 0.717) is 5.92 Å². The molecule has 4 heteroatoms. The minimum absolute atomic E-state index is 0.0238. The molecule has 1 amide bonds. The SMILES string of the molecule is CC1(C)[C@H](C=C(Cl)Cl)[C@@H]1C(=O)N1CCC(Cc2ccccc2)CC1. The van der Waals surface area contributed by atoms with Crippen LogP contribution in [0.25, 0.3) is 0 Å². The Morgan fingerprint density at radius 3 is 2.42 bits per heavy atom. The highest BCUT2D eigenvalue weighted by Gasteiger charge is 2.61. The summed E-state index contributed by atoms with van der Waals surface area (Å²) in [4.78, 5) is 14.9. The quantitative estimate of drug-likeness (QED) is 0.730. The molecule has 0 spiro atoms. The topological polar surface area (TPSA) is 20.3 Å². The van der Waals surface area contributed by atoms with Crippen LogP contribution < -0.4 is 0 Å². The van der Waals surface area contributed by atoms with E-state index in [-0.39, 0.29) is 27.6 Å². The molecule has 0 unspecified atom stereocenters. The lowest BCUT2D eigenvalue weighted by Crippen LogP contribution is -2.40. The molecule has 1 heterocycles. The maximum Gasteiger partial charge on any atom is 0.226 e. The minimum atomic E-state index is -0.0347. The van der Waals surface area contributed by atoms with E-state index in [9.17, 15) is 4.79 Å². The summed E-state index contributed by atoms with van der Waals surface area (Å²) in [5.74, 6) is 1.14. The normalized spacial score (nSPS) is 26.1. The number of benzene rings is 1. The molecule has 0 aromatic heterocycles. The fourth-order valence-corrected chi connectivity index (χ4v) is 4.37. The molecule has 0 N–H and O–H groups in total. The number of nitrogens with zero attached hydrogens (tertiary/aromatic N) is 1. The van der Waals surface area contributed by atoms with Crippen LogP contribution in [0.1, 0.15) is 32.3 Å². The molecule has 1 aromatic rings. The molecule has 1 aliphatic heterocycles. The van der Waals surface area contributed by atoms with Crippen molar-refractivity contribution in [2.45, 2.75) is 33.1 Å². The van der Waals surface area contributed by atoms with Crippen molar-refractivity contribution < 1.29 is 4.79 Å². The first-order valence-electron chi connectivity index (χ1n) is 8.75. The summed E-state index contributed by atoms with van der Waals surface area (Å²) in [6.07, 6.45) is 5.12. The van der Waals surface area contributed by atoms with Gasteiger partial charge in [0.1, 0.15) is 4.49 Å². The first kappa shape index (κ1) is 17.8. The van der Waals surface area contributed by atoms with E-state index < -0.39 is 0 Å². The molecule has 1 saturated carbocycles. The first-order valence-corrected chi connectivity index (χ1v) is 9.50. The number of rotatable bonds is 4. The van der Waals surface area contributed by atoms with Crippen molar-refractivity contribution in [3.8, 4) is 0 Å². The summed E-state index contributed by atoms with van der Waals surface area (Å²) in [5.41, 5.74) is 1.36. The largest absolute Gasteiger partial charge is 0.342 e. The number of piperidine rings is 1. The van der Waals surface area contributed by atoms with Crippen molar-refractivity contribution >= 4 is 29.1 Å². The van der Waals surface area contributed by atoms with Crippen molar-refractivity contribution in [2.75, 3.05) is 13.1 Å². The van der Waals surface area contributed by atoms with Crippen LogP contribution in [-0.4, -0.2) is 23.9 Å². The van der Waals surface area contributed by atoms with E-state index in [1.54, 1.807) is 0 Å². The summed E-state index contributed by atoms with van der Waals surface area (Å²) < 4.78 is 0.268. The highest BCUT2D eigenvalue weighted by Crippen LogP contribution is 2.60. The van der Waals surface area contributed by atoms with Gasteiger partial charge < -0.3 is 4.90 Å². The predicted molar refractivity (Wildman–Crippen MR) is 100 cm³/mol. The van der Waals surface area contributed by atoms with Crippen LogP contribution in [-0.2, 0) is 11.2 Å². The molecule has 1 aliphatic carbocycles. The lowest BCUT2D eigenvalue weighted by atomic mass is 9.90. The zero-order valence-electron chi connectivity index (χ0n) is 14.3. The molecular weight excluding hydrogens is 341 g/mol. The number of carbonyl (C=O) groups is 1. The predicted octanol–water partition coefficient (Wildman–Crippen LogP) is 5.06. The third-order valence-corrected chi connectivity index (χ3v) is 6.03. The van der Waals surface area contributed by atoms with Crippen molar-refractivity contribution in [1.29, 1.82) is 0 Å². The average molecular weight is 366 g/mol.